The number of unbranched alkanes of at least 4 members (excludes halogenated alkanes) is 1. The molecule has 0 aliphatic heterocycles. The number of nitrogens with one attached hydrogen (secondary N) is 1. The van der Waals surface area contributed by atoms with E-state index in [0.717, 1.165) is 30.6 Å². The largest absolute Gasteiger partial charge is 0.478 e. The van der Waals surface area contributed by atoms with Crippen molar-refractivity contribution in [2.24, 2.45) is 0 Å². The van der Waals surface area contributed by atoms with Crippen LogP contribution in [0.3, 0.4) is 0 Å². The number of nitrogens with zero attached hydrogens (tertiary/aromatic N) is 1. The van der Waals surface area contributed by atoms with Crippen LogP contribution in [0.25, 0.3) is 0 Å². The van der Waals surface area contributed by atoms with Crippen LogP contribution in [-0.2, 0) is 0 Å². The SMILES string of the molecule is CCCCN(C)c1ccc(C(=O)O)cc1NC(=O)c1ccccc1C. The Morgan fingerprint density at radius 2 is 1.88 bits per heavy atom. The number of carbonyl (C=O) groups excluding carboxylic acids is 1. The lowest BCUT2D eigenvalue weighted by Crippen LogP contribution is -2.22. The van der Waals surface area contributed by atoms with Crippen molar-refractivity contribution in [2.75, 3.05) is 23.8 Å². The summed E-state index contributed by atoms with van der Waals surface area (Å²) in [4.78, 5) is 25.9. The van der Waals surface area contributed by atoms with Crippen molar-refractivity contribution in [1.29, 1.82) is 0 Å². The second-order valence-electron chi connectivity index (χ2n) is 6.08. The average molecular weight is 340 g/mol. The summed E-state index contributed by atoms with van der Waals surface area (Å²) in [5.74, 6) is -1.26. The Bertz CT molecular complexity index is 771. The Balaban J connectivity index is 2.35. The number of hydrogen-bond donors (Lipinski definition) is 2. The molecule has 2 N–H and O–H groups in total. The van der Waals surface area contributed by atoms with Gasteiger partial charge in [0.25, 0.3) is 5.91 Å². The molecule has 1 amide bonds. The molecule has 5 nitrogen and oxygen atoms in total. The molecule has 0 fully saturated rings. The summed E-state index contributed by atoms with van der Waals surface area (Å²) in [7, 11) is 1.94. The highest BCUT2D eigenvalue weighted by Gasteiger charge is 2.15. The highest BCUT2D eigenvalue weighted by molar-refractivity contribution is 6.07. The summed E-state index contributed by atoms with van der Waals surface area (Å²) in [6.07, 6.45) is 2.07. The van der Waals surface area contributed by atoms with Crippen molar-refractivity contribution < 1.29 is 14.7 Å². The molecule has 0 saturated carbocycles. The van der Waals surface area contributed by atoms with Gasteiger partial charge < -0.3 is 15.3 Å². The lowest BCUT2D eigenvalue weighted by molar-refractivity contribution is 0.0696. The van der Waals surface area contributed by atoms with Gasteiger partial charge in [0.1, 0.15) is 0 Å². The lowest BCUT2D eigenvalue weighted by atomic mass is 10.1. The van der Waals surface area contributed by atoms with Gasteiger partial charge >= 0.3 is 5.97 Å². The fourth-order valence-corrected chi connectivity index (χ4v) is 2.64. The van der Waals surface area contributed by atoms with Crippen LogP contribution in [0.2, 0.25) is 0 Å². The van der Waals surface area contributed by atoms with Gasteiger partial charge in [-0.3, -0.25) is 4.79 Å². The summed E-state index contributed by atoms with van der Waals surface area (Å²) in [6.45, 7) is 4.81. The highest BCUT2D eigenvalue weighted by atomic mass is 16.4. The van der Waals surface area contributed by atoms with Crippen LogP contribution in [0.5, 0.6) is 0 Å². The van der Waals surface area contributed by atoms with Crippen LogP contribution in [0.1, 0.15) is 46.0 Å². The first-order valence-corrected chi connectivity index (χ1v) is 8.39. The van der Waals surface area contributed by atoms with Crippen LogP contribution in [-0.4, -0.2) is 30.6 Å². The third-order valence-corrected chi connectivity index (χ3v) is 4.14. The van der Waals surface area contributed by atoms with E-state index in [0.29, 0.717) is 11.3 Å². The summed E-state index contributed by atoms with van der Waals surface area (Å²) in [6, 6.07) is 12.1. The van der Waals surface area contributed by atoms with Crippen molar-refractivity contribution >= 4 is 23.3 Å². The van der Waals surface area contributed by atoms with Crippen molar-refractivity contribution in [2.45, 2.75) is 26.7 Å². The van der Waals surface area contributed by atoms with Gasteiger partial charge in [-0.2, -0.15) is 0 Å². The molecule has 0 heterocycles. The van der Waals surface area contributed by atoms with Gasteiger partial charge in [-0.25, -0.2) is 4.79 Å². The molecule has 0 aliphatic rings. The Labute approximate surface area is 148 Å². The number of amides is 1. The molecular formula is C20H24N2O3. The third-order valence-electron chi connectivity index (χ3n) is 4.14. The number of aromatic carboxylic acids is 1. The molecule has 2 aromatic rings. The minimum absolute atomic E-state index is 0.146. The van der Waals surface area contributed by atoms with Crippen LogP contribution in [0, 0.1) is 6.92 Å². The molecule has 0 unspecified atom stereocenters. The van der Waals surface area contributed by atoms with Gasteiger partial charge in [-0.1, -0.05) is 31.5 Å². The topological polar surface area (TPSA) is 69.6 Å². The predicted molar refractivity (Wildman–Crippen MR) is 101 cm³/mol. The molecule has 0 aromatic heterocycles. The van der Waals surface area contributed by atoms with E-state index in [-0.39, 0.29) is 11.5 Å². The molecule has 0 spiro atoms. The smallest absolute Gasteiger partial charge is 0.335 e. The first kappa shape index (κ1) is 18.5. The van der Waals surface area contributed by atoms with Crippen molar-refractivity contribution in [1.82, 2.24) is 0 Å². The Morgan fingerprint density at radius 1 is 1.16 bits per heavy atom. The van der Waals surface area contributed by atoms with Crippen LogP contribution in [0.15, 0.2) is 42.5 Å². The Hall–Kier alpha value is -2.82. The normalized spacial score (nSPS) is 10.4. The van der Waals surface area contributed by atoms with Crippen molar-refractivity contribution in [3.63, 3.8) is 0 Å². The predicted octanol–water partition coefficient (Wildman–Crippen LogP) is 4.18. The molecule has 2 aromatic carbocycles. The molecule has 2 rings (SSSR count). The first-order valence-electron chi connectivity index (χ1n) is 8.39. The van der Waals surface area contributed by atoms with E-state index < -0.39 is 5.97 Å². The molecule has 0 aliphatic carbocycles. The summed E-state index contributed by atoms with van der Waals surface area (Å²) < 4.78 is 0. The molecule has 25 heavy (non-hydrogen) atoms. The van der Waals surface area contributed by atoms with E-state index in [1.54, 1.807) is 18.2 Å². The number of rotatable bonds is 7. The van der Waals surface area contributed by atoms with Gasteiger partial charge in [-0.05, 0) is 43.2 Å². The maximum atomic E-state index is 12.6. The van der Waals surface area contributed by atoms with Gasteiger partial charge in [-0.15, -0.1) is 0 Å². The minimum atomic E-state index is -1.02. The number of carbonyl (C=O) groups is 2. The van der Waals surface area contributed by atoms with Crippen LogP contribution >= 0.6 is 0 Å². The maximum Gasteiger partial charge on any atom is 0.335 e. The van der Waals surface area contributed by atoms with E-state index in [2.05, 4.69) is 12.2 Å². The fraction of sp³-hybridized carbons (Fsp3) is 0.300. The van der Waals surface area contributed by atoms with Gasteiger partial charge in [0, 0.05) is 19.2 Å². The molecule has 0 bridgehead atoms. The van der Waals surface area contributed by atoms with Crippen LogP contribution < -0.4 is 10.2 Å². The van der Waals surface area contributed by atoms with Gasteiger partial charge in [0.2, 0.25) is 0 Å². The molecular weight excluding hydrogens is 316 g/mol. The third kappa shape index (κ3) is 4.59. The molecule has 0 saturated heterocycles. The average Bonchev–Trinajstić information content (AvgIpc) is 2.59. The number of hydrogen-bond acceptors (Lipinski definition) is 3. The second-order valence-corrected chi connectivity index (χ2v) is 6.08. The monoisotopic (exact) mass is 340 g/mol. The van der Waals surface area contributed by atoms with Crippen molar-refractivity contribution in [3.05, 3.63) is 59.2 Å². The van der Waals surface area contributed by atoms with Gasteiger partial charge in [0.15, 0.2) is 0 Å². The van der Waals surface area contributed by atoms with E-state index >= 15 is 0 Å². The van der Waals surface area contributed by atoms with Crippen LogP contribution in [0.4, 0.5) is 11.4 Å². The summed E-state index contributed by atoms with van der Waals surface area (Å²) in [5, 5.41) is 12.1. The van der Waals surface area contributed by atoms with E-state index in [1.807, 2.05) is 37.1 Å². The maximum absolute atomic E-state index is 12.6. The second kappa shape index (κ2) is 8.33. The highest BCUT2D eigenvalue weighted by Crippen LogP contribution is 2.28. The fourth-order valence-electron chi connectivity index (χ4n) is 2.64. The number of benzene rings is 2. The standard InChI is InChI=1S/C20H24N2O3/c1-4-5-12-22(3)18-11-10-15(20(24)25)13-17(18)21-19(23)16-9-7-6-8-14(16)2/h6-11,13H,4-5,12H2,1-3H3,(H,21,23)(H,24,25). The molecule has 5 heteroatoms. The van der Waals surface area contributed by atoms with E-state index in [1.165, 1.54) is 6.07 Å². The minimum Gasteiger partial charge on any atom is -0.478 e. The zero-order valence-electron chi connectivity index (χ0n) is 14.9. The summed E-state index contributed by atoms with van der Waals surface area (Å²) >= 11 is 0. The van der Waals surface area contributed by atoms with E-state index in [9.17, 15) is 14.7 Å². The Morgan fingerprint density at radius 3 is 2.52 bits per heavy atom. The Kier molecular flexibility index (Phi) is 6.17. The zero-order valence-corrected chi connectivity index (χ0v) is 14.9. The molecule has 0 atom stereocenters. The summed E-state index contributed by atoms with van der Waals surface area (Å²) in [5.41, 5.74) is 2.90. The quantitative estimate of drug-likeness (QED) is 0.793. The first-order chi connectivity index (χ1) is 11.9. The molecule has 0 radical (unpaired) electrons. The zero-order chi connectivity index (χ0) is 18.4. The number of aryl methyl sites for hydroxylation is 1. The molecule has 132 valence electrons. The number of anilines is 2. The van der Waals surface area contributed by atoms with Crippen molar-refractivity contribution in [3.8, 4) is 0 Å². The number of carboxylic acid groups (broad SMARTS) is 1. The van der Waals surface area contributed by atoms with E-state index in [4.69, 9.17) is 0 Å². The lowest BCUT2D eigenvalue weighted by Gasteiger charge is -2.23. The number of carboxylic acids is 1. The van der Waals surface area contributed by atoms with Gasteiger partial charge in [0.05, 0.1) is 16.9 Å².